The van der Waals surface area contributed by atoms with Gasteiger partial charge in [0.15, 0.2) is 0 Å². The molecule has 3 aromatic carbocycles. The van der Waals surface area contributed by atoms with Crippen LogP contribution in [-0.2, 0) is 28.3 Å². The number of nitrogens with zero attached hydrogens (tertiary/aromatic N) is 2. The van der Waals surface area contributed by atoms with E-state index in [2.05, 4.69) is 21.2 Å². The van der Waals surface area contributed by atoms with Crippen LogP contribution in [0.2, 0.25) is 0 Å². The highest BCUT2D eigenvalue weighted by atomic mass is 79.9. The van der Waals surface area contributed by atoms with Crippen LogP contribution in [0.15, 0.2) is 83.3 Å². The van der Waals surface area contributed by atoms with Crippen molar-refractivity contribution in [2.45, 2.75) is 38.6 Å². The van der Waals surface area contributed by atoms with E-state index in [1.54, 1.807) is 17.0 Å². The normalized spacial score (nSPS) is 11.7. The summed E-state index contributed by atoms with van der Waals surface area (Å²) in [5, 5.41) is 13.9. The van der Waals surface area contributed by atoms with Gasteiger partial charge in [-0.3, -0.25) is 19.7 Å². The van der Waals surface area contributed by atoms with E-state index in [0.717, 1.165) is 21.2 Å². The largest absolute Gasteiger partial charge is 0.354 e. The zero-order valence-electron chi connectivity index (χ0n) is 21.5. The number of carbonyl (C=O) groups excluding carboxylic acids is 2. The molecule has 0 aliphatic heterocycles. The Morgan fingerprint density at radius 1 is 0.974 bits per heavy atom. The Kier molecular flexibility index (Phi) is 11.4. The molecule has 0 saturated heterocycles. The Morgan fingerprint density at radius 2 is 1.66 bits per heavy atom. The van der Waals surface area contributed by atoms with Gasteiger partial charge < -0.3 is 10.2 Å². The first kappa shape index (κ1) is 29.4. The maximum absolute atomic E-state index is 13.7. The van der Waals surface area contributed by atoms with Gasteiger partial charge in [0, 0.05) is 41.9 Å². The fourth-order valence-corrected chi connectivity index (χ4v) is 5.18. The summed E-state index contributed by atoms with van der Waals surface area (Å²) in [6.45, 7) is 4.89. The molecule has 0 spiro atoms. The second-order valence-electron chi connectivity index (χ2n) is 9.41. The lowest BCUT2D eigenvalue weighted by atomic mass is 10.0. The zero-order chi connectivity index (χ0) is 27.5. The molecule has 7 nitrogen and oxygen atoms in total. The van der Waals surface area contributed by atoms with Gasteiger partial charge in [-0.1, -0.05) is 84.4 Å². The van der Waals surface area contributed by atoms with Crippen molar-refractivity contribution in [3.8, 4) is 0 Å². The number of carbonyl (C=O) groups is 2. The Hall–Kier alpha value is -3.17. The smallest absolute Gasteiger partial charge is 0.269 e. The predicted molar refractivity (Wildman–Crippen MR) is 156 cm³/mol. The maximum Gasteiger partial charge on any atom is 0.269 e. The molecule has 0 aromatic heterocycles. The van der Waals surface area contributed by atoms with Gasteiger partial charge in [0.25, 0.3) is 5.69 Å². The first-order valence-corrected chi connectivity index (χ1v) is 14.3. The van der Waals surface area contributed by atoms with Crippen LogP contribution in [0.3, 0.4) is 0 Å². The molecular weight excluding hydrogens is 566 g/mol. The lowest BCUT2D eigenvalue weighted by Crippen LogP contribution is -2.51. The van der Waals surface area contributed by atoms with Gasteiger partial charge in [-0.05, 0) is 34.7 Å². The fourth-order valence-electron chi connectivity index (χ4n) is 3.86. The van der Waals surface area contributed by atoms with E-state index in [4.69, 9.17) is 0 Å². The third-order valence-corrected chi connectivity index (χ3v) is 7.32. The molecule has 0 heterocycles. The Morgan fingerprint density at radius 3 is 2.29 bits per heavy atom. The molecule has 0 aliphatic rings. The molecule has 200 valence electrons. The van der Waals surface area contributed by atoms with Crippen molar-refractivity contribution in [1.29, 1.82) is 0 Å². The average Bonchev–Trinajstić information content (AvgIpc) is 2.90. The number of amides is 2. The van der Waals surface area contributed by atoms with Crippen LogP contribution in [0.1, 0.15) is 30.5 Å². The maximum atomic E-state index is 13.7. The summed E-state index contributed by atoms with van der Waals surface area (Å²) in [7, 11) is 0. The standard InChI is InChI=1S/C29H32BrN3O4S/c1-21(2)17-31-29(35)27(16-22-7-4-3-5-8-22)32(18-24-9-6-10-25(30)15-24)28(34)20-38-19-23-11-13-26(14-12-23)33(36)37/h3-15,21,27H,16-20H2,1-2H3,(H,31,35). The van der Waals surface area contributed by atoms with Crippen LogP contribution < -0.4 is 5.32 Å². The van der Waals surface area contributed by atoms with Gasteiger partial charge in [0.05, 0.1) is 10.7 Å². The number of benzene rings is 3. The number of nitro groups is 1. The number of rotatable bonds is 13. The Labute approximate surface area is 236 Å². The second-order valence-corrected chi connectivity index (χ2v) is 11.3. The Balaban J connectivity index is 1.82. The highest BCUT2D eigenvalue weighted by Crippen LogP contribution is 2.21. The van der Waals surface area contributed by atoms with Crippen molar-refractivity contribution in [3.05, 3.63) is 110 Å². The van der Waals surface area contributed by atoms with Crippen molar-refractivity contribution < 1.29 is 14.5 Å². The molecule has 1 N–H and O–H groups in total. The summed E-state index contributed by atoms with van der Waals surface area (Å²) in [6, 6.07) is 23.1. The monoisotopic (exact) mass is 597 g/mol. The number of nitro benzene ring substituents is 1. The van der Waals surface area contributed by atoms with E-state index < -0.39 is 11.0 Å². The number of hydrogen-bond donors (Lipinski definition) is 1. The van der Waals surface area contributed by atoms with Crippen molar-refractivity contribution in [1.82, 2.24) is 10.2 Å². The predicted octanol–water partition coefficient (Wildman–Crippen LogP) is 6.00. The molecule has 1 unspecified atom stereocenters. The SMILES string of the molecule is CC(C)CNC(=O)C(Cc1ccccc1)N(Cc1cccc(Br)c1)C(=O)CSCc1ccc([N+](=O)[O-])cc1. The quantitative estimate of drug-likeness (QED) is 0.192. The van der Waals surface area contributed by atoms with E-state index in [9.17, 15) is 19.7 Å². The van der Waals surface area contributed by atoms with E-state index in [1.165, 1.54) is 23.9 Å². The second kappa shape index (κ2) is 14.7. The minimum atomic E-state index is -0.678. The first-order valence-electron chi connectivity index (χ1n) is 12.4. The van der Waals surface area contributed by atoms with Crippen LogP contribution in [0.5, 0.6) is 0 Å². The minimum Gasteiger partial charge on any atom is -0.354 e. The van der Waals surface area contributed by atoms with Crippen LogP contribution in [0.25, 0.3) is 0 Å². The molecule has 0 saturated carbocycles. The van der Waals surface area contributed by atoms with Crippen LogP contribution in [-0.4, -0.2) is 40.0 Å². The summed E-state index contributed by atoms with van der Waals surface area (Å²) < 4.78 is 0.902. The van der Waals surface area contributed by atoms with Gasteiger partial charge >= 0.3 is 0 Å². The molecule has 0 bridgehead atoms. The summed E-state index contributed by atoms with van der Waals surface area (Å²) in [5.74, 6) is 0.664. The highest BCUT2D eigenvalue weighted by molar-refractivity contribution is 9.10. The van der Waals surface area contributed by atoms with Crippen LogP contribution >= 0.6 is 27.7 Å². The molecule has 38 heavy (non-hydrogen) atoms. The van der Waals surface area contributed by atoms with E-state index >= 15 is 0 Å². The first-order chi connectivity index (χ1) is 18.2. The molecule has 2 amide bonds. The summed E-state index contributed by atoms with van der Waals surface area (Å²) >= 11 is 4.92. The number of thioether (sulfide) groups is 1. The van der Waals surface area contributed by atoms with E-state index in [1.807, 2.05) is 68.4 Å². The number of nitrogens with one attached hydrogen (secondary N) is 1. The van der Waals surface area contributed by atoms with Crippen LogP contribution in [0, 0.1) is 16.0 Å². The molecule has 0 radical (unpaired) electrons. The van der Waals surface area contributed by atoms with Crippen molar-refractivity contribution in [2.75, 3.05) is 12.3 Å². The minimum absolute atomic E-state index is 0.0335. The fraction of sp³-hybridized carbons (Fsp3) is 0.310. The molecule has 0 aliphatic carbocycles. The van der Waals surface area contributed by atoms with Gasteiger partial charge in [0.2, 0.25) is 11.8 Å². The number of non-ortho nitro benzene ring substituents is 1. The zero-order valence-corrected chi connectivity index (χ0v) is 23.9. The molecular formula is C29H32BrN3O4S. The van der Waals surface area contributed by atoms with Crippen molar-refractivity contribution >= 4 is 45.2 Å². The third kappa shape index (κ3) is 9.29. The third-order valence-electron chi connectivity index (χ3n) is 5.84. The summed E-state index contributed by atoms with van der Waals surface area (Å²) in [4.78, 5) is 39.3. The number of hydrogen-bond acceptors (Lipinski definition) is 5. The van der Waals surface area contributed by atoms with E-state index in [0.29, 0.717) is 25.3 Å². The molecule has 3 rings (SSSR count). The summed E-state index contributed by atoms with van der Waals surface area (Å²) in [6.07, 6.45) is 0.400. The topological polar surface area (TPSA) is 92.6 Å². The van der Waals surface area contributed by atoms with Gasteiger partial charge in [0.1, 0.15) is 6.04 Å². The molecule has 9 heteroatoms. The van der Waals surface area contributed by atoms with Gasteiger partial charge in [-0.25, -0.2) is 0 Å². The Bertz CT molecular complexity index is 1220. The van der Waals surface area contributed by atoms with E-state index in [-0.39, 0.29) is 29.2 Å². The number of halogens is 1. The van der Waals surface area contributed by atoms with Crippen molar-refractivity contribution in [3.63, 3.8) is 0 Å². The molecule has 0 fully saturated rings. The van der Waals surface area contributed by atoms with Crippen molar-refractivity contribution in [2.24, 2.45) is 5.92 Å². The van der Waals surface area contributed by atoms with Gasteiger partial charge in [-0.15, -0.1) is 11.8 Å². The molecule has 1 atom stereocenters. The lowest BCUT2D eigenvalue weighted by molar-refractivity contribution is -0.384. The van der Waals surface area contributed by atoms with Gasteiger partial charge in [-0.2, -0.15) is 0 Å². The molecule has 3 aromatic rings. The average molecular weight is 599 g/mol. The summed E-state index contributed by atoms with van der Waals surface area (Å²) in [5.41, 5.74) is 2.82. The highest BCUT2D eigenvalue weighted by Gasteiger charge is 2.30. The van der Waals surface area contributed by atoms with Crippen LogP contribution in [0.4, 0.5) is 5.69 Å². The lowest BCUT2D eigenvalue weighted by Gasteiger charge is -2.32.